The van der Waals surface area contributed by atoms with Crippen LogP contribution in [0.15, 0.2) is 18.2 Å². The lowest BCUT2D eigenvalue weighted by atomic mass is 10.2. The van der Waals surface area contributed by atoms with Crippen LogP contribution in [0.25, 0.3) is 6.08 Å². The van der Waals surface area contributed by atoms with Crippen molar-refractivity contribution >= 4 is 12.0 Å². The van der Waals surface area contributed by atoms with E-state index in [0.29, 0.717) is 0 Å². The number of nitrogens with zero attached hydrogens (tertiary/aromatic N) is 1. The fourth-order valence-corrected chi connectivity index (χ4v) is 1.03. The van der Waals surface area contributed by atoms with E-state index in [1.165, 1.54) is 0 Å². The third-order valence-electron chi connectivity index (χ3n) is 1.67. The summed E-state index contributed by atoms with van der Waals surface area (Å²) in [5.74, 6) is -0.944. The number of rotatable bonds is 2. The van der Waals surface area contributed by atoms with Gasteiger partial charge in [0.2, 0.25) is 0 Å². The third kappa shape index (κ3) is 2.71. The molecule has 3 nitrogen and oxygen atoms in total. The zero-order valence-corrected chi connectivity index (χ0v) is 7.61. The normalized spacial score (nSPS) is 10.6. The predicted molar refractivity (Wildman–Crippen MR) is 50.4 cm³/mol. The molecule has 1 heterocycles. The van der Waals surface area contributed by atoms with Crippen molar-refractivity contribution in [1.82, 2.24) is 4.98 Å². The Balaban J connectivity index is 2.96. The van der Waals surface area contributed by atoms with E-state index in [9.17, 15) is 4.79 Å². The summed E-state index contributed by atoms with van der Waals surface area (Å²) in [4.78, 5) is 14.5. The molecule has 0 atom stereocenters. The molecule has 13 heavy (non-hydrogen) atoms. The van der Waals surface area contributed by atoms with Crippen LogP contribution in [0.5, 0.6) is 0 Å². The quantitative estimate of drug-likeness (QED) is 0.701. The van der Waals surface area contributed by atoms with Crippen LogP contribution in [0, 0.1) is 13.8 Å². The molecule has 0 spiro atoms. The zero-order valence-electron chi connectivity index (χ0n) is 7.61. The second-order valence-corrected chi connectivity index (χ2v) is 2.80. The van der Waals surface area contributed by atoms with Gasteiger partial charge in [-0.15, -0.1) is 0 Å². The van der Waals surface area contributed by atoms with E-state index in [-0.39, 0.29) is 0 Å². The minimum Gasteiger partial charge on any atom is -0.478 e. The summed E-state index contributed by atoms with van der Waals surface area (Å²) in [6, 6.07) is 3.71. The van der Waals surface area contributed by atoms with Gasteiger partial charge in [0.1, 0.15) is 0 Å². The first-order valence-corrected chi connectivity index (χ1v) is 3.95. The van der Waals surface area contributed by atoms with E-state index in [1.807, 2.05) is 26.0 Å². The van der Waals surface area contributed by atoms with Crippen molar-refractivity contribution in [2.75, 3.05) is 0 Å². The standard InChI is InChI=1S/C10H11NO2/c1-7-3-4-9(8(2)11-7)5-6-10(12)13/h3-6H,1-2H3,(H,12,13). The lowest BCUT2D eigenvalue weighted by Crippen LogP contribution is -1.90. The largest absolute Gasteiger partial charge is 0.478 e. The molecular weight excluding hydrogens is 166 g/mol. The maximum Gasteiger partial charge on any atom is 0.328 e. The first-order chi connectivity index (χ1) is 6.09. The molecule has 0 saturated carbocycles. The highest BCUT2D eigenvalue weighted by Crippen LogP contribution is 2.07. The van der Waals surface area contributed by atoms with E-state index in [4.69, 9.17) is 5.11 Å². The molecule has 1 aromatic rings. The van der Waals surface area contributed by atoms with E-state index < -0.39 is 5.97 Å². The average Bonchev–Trinajstić information content (AvgIpc) is 2.02. The molecule has 0 amide bonds. The van der Waals surface area contributed by atoms with Gasteiger partial charge < -0.3 is 5.11 Å². The van der Waals surface area contributed by atoms with Crippen LogP contribution in [0.1, 0.15) is 17.0 Å². The average molecular weight is 177 g/mol. The molecule has 3 heteroatoms. The monoisotopic (exact) mass is 177 g/mol. The van der Waals surface area contributed by atoms with Crippen molar-refractivity contribution in [2.45, 2.75) is 13.8 Å². The van der Waals surface area contributed by atoms with Gasteiger partial charge in [0.15, 0.2) is 0 Å². The van der Waals surface area contributed by atoms with Crippen LogP contribution in [0.2, 0.25) is 0 Å². The molecule has 0 fully saturated rings. The number of carbonyl (C=O) groups is 1. The van der Waals surface area contributed by atoms with Gasteiger partial charge in [0, 0.05) is 17.5 Å². The van der Waals surface area contributed by atoms with Crippen molar-refractivity contribution in [1.29, 1.82) is 0 Å². The molecule has 0 aliphatic heterocycles. The van der Waals surface area contributed by atoms with Gasteiger partial charge in [-0.3, -0.25) is 4.98 Å². The highest BCUT2D eigenvalue weighted by Gasteiger charge is 1.96. The fraction of sp³-hybridized carbons (Fsp3) is 0.200. The van der Waals surface area contributed by atoms with Gasteiger partial charge in [0.25, 0.3) is 0 Å². The van der Waals surface area contributed by atoms with Gasteiger partial charge in [-0.05, 0) is 31.6 Å². The Morgan fingerprint density at radius 2 is 2.15 bits per heavy atom. The van der Waals surface area contributed by atoms with E-state index >= 15 is 0 Å². The summed E-state index contributed by atoms with van der Waals surface area (Å²) in [6.07, 6.45) is 2.66. The second kappa shape index (κ2) is 3.85. The first-order valence-electron chi connectivity index (χ1n) is 3.95. The minimum atomic E-state index is -0.944. The highest BCUT2D eigenvalue weighted by atomic mass is 16.4. The Labute approximate surface area is 76.7 Å². The Morgan fingerprint density at radius 3 is 2.69 bits per heavy atom. The molecule has 1 aromatic heterocycles. The molecule has 1 N–H and O–H groups in total. The Kier molecular flexibility index (Phi) is 2.80. The molecule has 0 aliphatic rings. The van der Waals surface area contributed by atoms with Crippen molar-refractivity contribution < 1.29 is 9.90 Å². The summed E-state index contributed by atoms with van der Waals surface area (Å²) in [7, 11) is 0. The molecule has 0 bridgehead atoms. The van der Waals surface area contributed by atoms with Crippen LogP contribution < -0.4 is 0 Å². The molecule has 0 saturated heterocycles. The number of aliphatic carboxylic acids is 1. The first kappa shape index (κ1) is 9.45. The lowest BCUT2D eigenvalue weighted by Gasteiger charge is -1.99. The van der Waals surface area contributed by atoms with Gasteiger partial charge >= 0.3 is 5.97 Å². The predicted octanol–water partition coefficient (Wildman–Crippen LogP) is 1.80. The summed E-state index contributed by atoms with van der Waals surface area (Å²) < 4.78 is 0. The zero-order chi connectivity index (χ0) is 9.84. The molecule has 0 aliphatic carbocycles. The van der Waals surface area contributed by atoms with Crippen LogP contribution in [0.3, 0.4) is 0 Å². The number of pyridine rings is 1. The van der Waals surface area contributed by atoms with E-state index in [0.717, 1.165) is 23.0 Å². The van der Waals surface area contributed by atoms with E-state index in [1.54, 1.807) is 6.08 Å². The number of hydrogen-bond acceptors (Lipinski definition) is 2. The van der Waals surface area contributed by atoms with Crippen molar-refractivity contribution in [3.8, 4) is 0 Å². The van der Waals surface area contributed by atoms with E-state index in [2.05, 4.69) is 4.98 Å². The highest BCUT2D eigenvalue weighted by molar-refractivity contribution is 5.85. The fourth-order valence-electron chi connectivity index (χ4n) is 1.03. The number of aromatic nitrogens is 1. The Hall–Kier alpha value is -1.64. The van der Waals surface area contributed by atoms with Crippen LogP contribution in [-0.4, -0.2) is 16.1 Å². The maximum atomic E-state index is 10.2. The smallest absolute Gasteiger partial charge is 0.328 e. The van der Waals surface area contributed by atoms with Gasteiger partial charge in [0.05, 0.1) is 0 Å². The van der Waals surface area contributed by atoms with Gasteiger partial charge in [-0.1, -0.05) is 6.07 Å². The third-order valence-corrected chi connectivity index (χ3v) is 1.67. The topological polar surface area (TPSA) is 50.2 Å². The molecule has 68 valence electrons. The molecule has 0 aromatic carbocycles. The summed E-state index contributed by atoms with van der Waals surface area (Å²) in [5.41, 5.74) is 2.62. The summed E-state index contributed by atoms with van der Waals surface area (Å²) in [6.45, 7) is 3.76. The van der Waals surface area contributed by atoms with Crippen LogP contribution in [0.4, 0.5) is 0 Å². The lowest BCUT2D eigenvalue weighted by molar-refractivity contribution is -0.131. The van der Waals surface area contributed by atoms with Crippen molar-refractivity contribution in [2.24, 2.45) is 0 Å². The van der Waals surface area contributed by atoms with Crippen molar-refractivity contribution in [3.63, 3.8) is 0 Å². The Bertz CT molecular complexity index is 356. The molecule has 0 unspecified atom stereocenters. The van der Waals surface area contributed by atoms with Crippen LogP contribution in [-0.2, 0) is 4.79 Å². The molecule has 1 rings (SSSR count). The number of aryl methyl sites for hydroxylation is 2. The van der Waals surface area contributed by atoms with Gasteiger partial charge in [-0.2, -0.15) is 0 Å². The maximum absolute atomic E-state index is 10.2. The van der Waals surface area contributed by atoms with Crippen LogP contribution >= 0.6 is 0 Å². The second-order valence-electron chi connectivity index (χ2n) is 2.80. The van der Waals surface area contributed by atoms with Crippen molar-refractivity contribution in [3.05, 3.63) is 35.2 Å². The SMILES string of the molecule is Cc1ccc(C=CC(=O)O)c(C)n1. The summed E-state index contributed by atoms with van der Waals surface area (Å²) >= 11 is 0. The minimum absolute atomic E-state index is 0.841. The van der Waals surface area contributed by atoms with Gasteiger partial charge in [-0.25, -0.2) is 4.79 Å². The number of hydrogen-bond donors (Lipinski definition) is 1. The molecule has 0 radical (unpaired) electrons. The Morgan fingerprint density at radius 1 is 1.46 bits per heavy atom. The number of carboxylic acid groups (broad SMARTS) is 1. The summed E-state index contributed by atoms with van der Waals surface area (Å²) in [5, 5.41) is 8.41. The number of carboxylic acids is 1. The molecular formula is C10H11NO2.